The molecular weight excluding hydrogens is 306 g/mol. The van der Waals surface area contributed by atoms with Crippen molar-refractivity contribution in [3.05, 3.63) is 24.8 Å². The molecule has 2 aliphatic heterocycles. The van der Waals surface area contributed by atoms with E-state index >= 15 is 0 Å². The van der Waals surface area contributed by atoms with Crippen LogP contribution in [0.1, 0.15) is 12.8 Å². The minimum Gasteiger partial charge on any atom is -0.378 e. The van der Waals surface area contributed by atoms with E-state index in [-0.39, 0.29) is 11.8 Å². The van der Waals surface area contributed by atoms with Gasteiger partial charge in [0.15, 0.2) is 0 Å². The fraction of sp³-hybridized carbons (Fsp3) is 0.529. The van der Waals surface area contributed by atoms with Crippen LogP contribution < -0.4 is 4.90 Å². The van der Waals surface area contributed by atoms with Crippen LogP contribution in [0.5, 0.6) is 0 Å². The van der Waals surface area contributed by atoms with Gasteiger partial charge in [-0.3, -0.25) is 9.78 Å². The first-order valence-corrected chi connectivity index (χ1v) is 8.49. The summed E-state index contributed by atoms with van der Waals surface area (Å²) in [5, 5.41) is 1.02. The zero-order valence-corrected chi connectivity index (χ0v) is 13.6. The number of carbonyl (C=O) groups is 1. The summed E-state index contributed by atoms with van der Waals surface area (Å²) in [5.41, 5.74) is 0.856. The number of carbonyl (C=O) groups excluding carboxylic acids is 1. The van der Waals surface area contributed by atoms with Crippen LogP contribution >= 0.6 is 0 Å². The molecule has 0 bridgehead atoms. The number of morpholine rings is 1. The molecule has 7 nitrogen and oxygen atoms in total. The molecule has 2 fully saturated rings. The predicted octanol–water partition coefficient (Wildman–Crippen LogP) is 1.10. The molecule has 126 valence electrons. The van der Waals surface area contributed by atoms with Gasteiger partial charge in [0, 0.05) is 43.7 Å². The van der Waals surface area contributed by atoms with Crippen LogP contribution in [-0.4, -0.2) is 65.2 Å². The average molecular weight is 327 g/mol. The van der Waals surface area contributed by atoms with Gasteiger partial charge in [0.05, 0.1) is 24.9 Å². The van der Waals surface area contributed by atoms with Gasteiger partial charge in [-0.05, 0) is 18.9 Å². The van der Waals surface area contributed by atoms with Crippen LogP contribution in [0.3, 0.4) is 0 Å². The minimum atomic E-state index is 0.120. The van der Waals surface area contributed by atoms with Gasteiger partial charge in [-0.25, -0.2) is 9.97 Å². The van der Waals surface area contributed by atoms with Crippen molar-refractivity contribution in [1.82, 2.24) is 19.9 Å². The summed E-state index contributed by atoms with van der Waals surface area (Å²) in [5.74, 6) is 1.35. The highest BCUT2D eigenvalue weighted by atomic mass is 16.5. The Hall–Kier alpha value is -2.28. The Bertz CT molecular complexity index is 718. The van der Waals surface area contributed by atoms with Gasteiger partial charge in [-0.2, -0.15) is 0 Å². The molecule has 0 atom stereocenters. The smallest absolute Gasteiger partial charge is 0.225 e. The van der Waals surface area contributed by atoms with Crippen LogP contribution in [0.2, 0.25) is 0 Å². The van der Waals surface area contributed by atoms with Crippen molar-refractivity contribution in [2.45, 2.75) is 12.8 Å². The molecule has 24 heavy (non-hydrogen) atoms. The molecule has 0 radical (unpaired) electrons. The van der Waals surface area contributed by atoms with Crippen molar-refractivity contribution < 1.29 is 9.53 Å². The van der Waals surface area contributed by atoms with Crippen LogP contribution in [-0.2, 0) is 9.53 Å². The van der Waals surface area contributed by atoms with Gasteiger partial charge in [0.25, 0.3) is 0 Å². The summed E-state index contributed by atoms with van der Waals surface area (Å²) in [6.45, 7) is 4.45. The van der Waals surface area contributed by atoms with E-state index in [0.717, 1.165) is 55.7 Å². The largest absolute Gasteiger partial charge is 0.378 e. The molecule has 0 N–H and O–H groups in total. The summed E-state index contributed by atoms with van der Waals surface area (Å²) >= 11 is 0. The van der Waals surface area contributed by atoms with Crippen molar-refractivity contribution in [3.8, 4) is 0 Å². The van der Waals surface area contributed by atoms with Gasteiger partial charge in [0.2, 0.25) is 5.91 Å². The Morgan fingerprint density at radius 2 is 1.92 bits per heavy atom. The lowest BCUT2D eigenvalue weighted by Crippen LogP contribution is -2.47. The highest BCUT2D eigenvalue weighted by Gasteiger charge is 2.30. The third-order valence-electron chi connectivity index (χ3n) is 4.88. The highest BCUT2D eigenvalue weighted by Crippen LogP contribution is 2.27. The van der Waals surface area contributed by atoms with Crippen LogP contribution in [0.25, 0.3) is 10.9 Å². The van der Waals surface area contributed by atoms with Crippen molar-refractivity contribution in [3.63, 3.8) is 0 Å². The lowest BCUT2D eigenvalue weighted by atomic mass is 9.95. The molecule has 2 aromatic rings. The Morgan fingerprint density at radius 1 is 1.12 bits per heavy atom. The SMILES string of the molecule is O=C(C1CCN(c2ncnc3cnccc23)CC1)N1CCOCC1. The zero-order valence-electron chi connectivity index (χ0n) is 13.6. The Balaban J connectivity index is 1.45. The quantitative estimate of drug-likeness (QED) is 0.822. The van der Waals surface area contributed by atoms with Crippen LogP contribution in [0, 0.1) is 5.92 Å². The van der Waals surface area contributed by atoms with Crippen molar-refractivity contribution >= 4 is 22.6 Å². The zero-order chi connectivity index (χ0) is 16.4. The fourth-order valence-corrected chi connectivity index (χ4v) is 3.53. The number of hydrogen-bond acceptors (Lipinski definition) is 6. The van der Waals surface area contributed by atoms with Crippen LogP contribution in [0.15, 0.2) is 24.8 Å². The fourth-order valence-electron chi connectivity index (χ4n) is 3.53. The standard InChI is InChI=1S/C17H21N5O2/c23-17(22-7-9-24-10-8-22)13-2-5-21(6-3-13)16-14-1-4-18-11-15(14)19-12-20-16/h1,4,11-13H,2-3,5-10H2. The molecule has 4 heterocycles. The number of anilines is 1. The molecule has 2 saturated heterocycles. The number of hydrogen-bond donors (Lipinski definition) is 0. The van der Waals surface area contributed by atoms with Gasteiger partial charge in [0.1, 0.15) is 12.1 Å². The normalized spacial score (nSPS) is 19.7. The summed E-state index contributed by atoms with van der Waals surface area (Å²) in [6.07, 6.45) is 6.85. The summed E-state index contributed by atoms with van der Waals surface area (Å²) in [4.78, 5) is 29.7. The molecule has 7 heteroatoms. The van der Waals surface area contributed by atoms with E-state index < -0.39 is 0 Å². The number of nitrogens with zero attached hydrogens (tertiary/aromatic N) is 5. The Labute approximate surface area is 140 Å². The molecule has 0 aliphatic carbocycles. The minimum absolute atomic E-state index is 0.120. The van der Waals surface area contributed by atoms with Crippen molar-refractivity contribution in [2.75, 3.05) is 44.3 Å². The van der Waals surface area contributed by atoms with E-state index in [1.807, 2.05) is 11.0 Å². The first kappa shape index (κ1) is 15.3. The second-order valence-electron chi connectivity index (χ2n) is 6.29. The molecule has 2 aromatic heterocycles. The molecular formula is C17H21N5O2. The maximum atomic E-state index is 12.6. The van der Waals surface area contributed by atoms with Crippen LogP contribution in [0.4, 0.5) is 5.82 Å². The summed E-state index contributed by atoms with van der Waals surface area (Å²) < 4.78 is 5.33. The van der Waals surface area contributed by atoms with Crippen molar-refractivity contribution in [1.29, 1.82) is 0 Å². The highest BCUT2D eigenvalue weighted by molar-refractivity contribution is 5.88. The van der Waals surface area contributed by atoms with E-state index in [4.69, 9.17) is 4.74 Å². The van der Waals surface area contributed by atoms with Gasteiger partial charge >= 0.3 is 0 Å². The van der Waals surface area contributed by atoms with E-state index in [9.17, 15) is 4.79 Å². The van der Waals surface area contributed by atoms with Gasteiger partial charge in [-0.15, -0.1) is 0 Å². The number of pyridine rings is 1. The van der Waals surface area contributed by atoms with E-state index in [1.165, 1.54) is 0 Å². The monoisotopic (exact) mass is 327 g/mol. The number of ether oxygens (including phenoxy) is 1. The van der Waals surface area contributed by atoms with Gasteiger partial charge < -0.3 is 14.5 Å². The lowest BCUT2D eigenvalue weighted by molar-refractivity contribution is -0.140. The number of amides is 1. The first-order chi connectivity index (χ1) is 11.8. The van der Waals surface area contributed by atoms with Crippen molar-refractivity contribution in [2.24, 2.45) is 5.92 Å². The van der Waals surface area contributed by atoms with E-state index in [0.29, 0.717) is 13.2 Å². The summed E-state index contributed by atoms with van der Waals surface area (Å²) in [6, 6.07) is 1.95. The van der Waals surface area contributed by atoms with E-state index in [1.54, 1.807) is 18.7 Å². The number of fused-ring (bicyclic) bond motifs is 1. The molecule has 4 rings (SSSR count). The topological polar surface area (TPSA) is 71.5 Å². The van der Waals surface area contributed by atoms with E-state index in [2.05, 4.69) is 19.9 Å². The second kappa shape index (κ2) is 6.68. The second-order valence-corrected chi connectivity index (χ2v) is 6.29. The molecule has 0 spiro atoms. The Morgan fingerprint density at radius 3 is 2.71 bits per heavy atom. The molecule has 0 unspecified atom stereocenters. The number of aromatic nitrogens is 3. The molecule has 1 amide bonds. The maximum absolute atomic E-state index is 12.6. The molecule has 2 aliphatic rings. The number of piperidine rings is 1. The lowest BCUT2D eigenvalue weighted by Gasteiger charge is -2.36. The first-order valence-electron chi connectivity index (χ1n) is 8.49. The Kier molecular flexibility index (Phi) is 4.25. The predicted molar refractivity (Wildman–Crippen MR) is 89.7 cm³/mol. The maximum Gasteiger partial charge on any atom is 0.225 e. The molecule has 0 aromatic carbocycles. The van der Waals surface area contributed by atoms with Gasteiger partial charge in [-0.1, -0.05) is 0 Å². The number of rotatable bonds is 2. The third kappa shape index (κ3) is 2.91. The summed E-state index contributed by atoms with van der Waals surface area (Å²) in [7, 11) is 0. The molecule has 0 saturated carbocycles. The third-order valence-corrected chi connectivity index (χ3v) is 4.88. The average Bonchev–Trinajstić information content (AvgIpc) is 2.68.